The summed E-state index contributed by atoms with van der Waals surface area (Å²) in [5, 5.41) is 9.39. The Morgan fingerprint density at radius 1 is 1.10 bits per heavy atom. The first-order chi connectivity index (χ1) is 9.54. The van der Waals surface area contributed by atoms with E-state index in [4.69, 9.17) is 4.74 Å². The third-order valence-corrected chi connectivity index (χ3v) is 3.00. The van der Waals surface area contributed by atoms with Crippen LogP contribution in [0.15, 0.2) is 30.3 Å². The number of carbonyl (C=O) groups excluding carboxylic acids is 1. The van der Waals surface area contributed by atoms with Crippen LogP contribution in [0.2, 0.25) is 0 Å². The van der Waals surface area contributed by atoms with Crippen LogP contribution in [0.3, 0.4) is 0 Å². The first kappa shape index (κ1) is 17.0. The van der Waals surface area contributed by atoms with Crippen molar-refractivity contribution in [3.63, 3.8) is 0 Å². The predicted octanol–water partition coefficient (Wildman–Crippen LogP) is 3.29. The standard InChI is InChI=1S/C16H23NO4/c1-15(2,3)21-14(20)17(16(4,5)13(18)19)11-12-9-7-6-8-10-12/h6-10H,11H2,1-5H3,(H,18,19). The number of carbonyl (C=O) groups is 2. The van der Waals surface area contributed by atoms with Gasteiger partial charge in [0, 0.05) is 0 Å². The molecule has 0 heterocycles. The van der Waals surface area contributed by atoms with E-state index in [9.17, 15) is 14.7 Å². The van der Waals surface area contributed by atoms with E-state index in [2.05, 4.69) is 0 Å². The maximum atomic E-state index is 12.4. The number of hydrogen-bond acceptors (Lipinski definition) is 3. The van der Waals surface area contributed by atoms with Gasteiger partial charge in [-0.25, -0.2) is 9.59 Å². The van der Waals surface area contributed by atoms with E-state index in [1.165, 1.54) is 18.7 Å². The lowest BCUT2D eigenvalue weighted by atomic mass is 10.0. The Morgan fingerprint density at radius 2 is 1.62 bits per heavy atom. The molecule has 5 nitrogen and oxygen atoms in total. The quantitative estimate of drug-likeness (QED) is 0.925. The molecule has 0 bridgehead atoms. The third-order valence-electron chi connectivity index (χ3n) is 3.00. The highest BCUT2D eigenvalue weighted by Gasteiger charge is 2.40. The van der Waals surface area contributed by atoms with Gasteiger partial charge in [0.05, 0.1) is 6.54 Å². The smallest absolute Gasteiger partial charge is 0.411 e. The van der Waals surface area contributed by atoms with Crippen molar-refractivity contribution in [1.29, 1.82) is 0 Å². The minimum atomic E-state index is -1.36. The molecule has 1 rings (SSSR count). The average molecular weight is 293 g/mol. The summed E-state index contributed by atoms with van der Waals surface area (Å²) in [7, 11) is 0. The van der Waals surface area contributed by atoms with Crippen LogP contribution < -0.4 is 0 Å². The minimum Gasteiger partial charge on any atom is -0.480 e. The van der Waals surface area contributed by atoms with Crippen molar-refractivity contribution in [2.24, 2.45) is 0 Å². The molecule has 0 fully saturated rings. The second-order valence-corrected chi connectivity index (χ2v) is 6.42. The first-order valence-electron chi connectivity index (χ1n) is 6.82. The van der Waals surface area contributed by atoms with Gasteiger partial charge in [0.15, 0.2) is 0 Å². The van der Waals surface area contributed by atoms with E-state index in [1.54, 1.807) is 20.8 Å². The lowest BCUT2D eigenvalue weighted by Crippen LogP contribution is -2.53. The first-order valence-corrected chi connectivity index (χ1v) is 6.82. The van der Waals surface area contributed by atoms with Gasteiger partial charge in [0.2, 0.25) is 0 Å². The second kappa shape index (κ2) is 6.16. The van der Waals surface area contributed by atoms with Gasteiger partial charge in [-0.1, -0.05) is 30.3 Å². The SMILES string of the molecule is CC(C)(C)OC(=O)N(Cc1ccccc1)C(C)(C)C(=O)O. The molecule has 1 aromatic carbocycles. The van der Waals surface area contributed by atoms with Crippen molar-refractivity contribution in [2.45, 2.75) is 52.3 Å². The molecular weight excluding hydrogens is 270 g/mol. The molecular formula is C16H23NO4. The maximum absolute atomic E-state index is 12.4. The monoisotopic (exact) mass is 293 g/mol. The number of carboxylic acid groups (broad SMARTS) is 1. The van der Waals surface area contributed by atoms with E-state index in [1.807, 2.05) is 30.3 Å². The summed E-state index contributed by atoms with van der Waals surface area (Å²) in [6.07, 6.45) is -0.640. The van der Waals surface area contributed by atoms with Gasteiger partial charge in [-0.05, 0) is 40.2 Å². The molecule has 1 amide bonds. The van der Waals surface area contributed by atoms with Gasteiger partial charge in [-0.2, -0.15) is 0 Å². The molecule has 0 saturated carbocycles. The highest BCUT2D eigenvalue weighted by molar-refractivity contribution is 5.83. The Balaban J connectivity index is 3.06. The van der Waals surface area contributed by atoms with Crippen molar-refractivity contribution >= 4 is 12.1 Å². The minimum absolute atomic E-state index is 0.176. The zero-order valence-corrected chi connectivity index (χ0v) is 13.2. The second-order valence-electron chi connectivity index (χ2n) is 6.42. The number of benzene rings is 1. The fourth-order valence-corrected chi connectivity index (χ4v) is 1.69. The van der Waals surface area contributed by atoms with Crippen molar-refractivity contribution in [3.8, 4) is 0 Å². The van der Waals surface area contributed by atoms with E-state index >= 15 is 0 Å². The molecule has 0 spiro atoms. The zero-order chi connectivity index (χ0) is 16.3. The molecule has 1 N–H and O–H groups in total. The van der Waals surface area contributed by atoms with E-state index < -0.39 is 23.2 Å². The van der Waals surface area contributed by atoms with Crippen LogP contribution in [0.4, 0.5) is 4.79 Å². The Hall–Kier alpha value is -2.04. The molecule has 0 aliphatic rings. The van der Waals surface area contributed by atoms with Crippen LogP contribution >= 0.6 is 0 Å². The van der Waals surface area contributed by atoms with Crippen LogP contribution in [0.5, 0.6) is 0 Å². The lowest BCUT2D eigenvalue weighted by Gasteiger charge is -2.36. The average Bonchev–Trinajstić information content (AvgIpc) is 2.34. The summed E-state index contributed by atoms with van der Waals surface area (Å²) in [5.41, 5.74) is -1.20. The van der Waals surface area contributed by atoms with Crippen molar-refractivity contribution in [1.82, 2.24) is 4.90 Å². The summed E-state index contributed by atoms with van der Waals surface area (Å²) in [5.74, 6) is -1.08. The molecule has 0 aromatic heterocycles. The van der Waals surface area contributed by atoms with Gasteiger partial charge in [0.25, 0.3) is 0 Å². The lowest BCUT2D eigenvalue weighted by molar-refractivity contribution is -0.149. The number of carboxylic acids is 1. The summed E-state index contributed by atoms with van der Waals surface area (Å²) in [6.45, 7) is 8.40. The number of nitrogens with zero attached hydrogens (tertiary/aromatic N) is 1. The summed E-state index contributed by atoms with van der Waals surface area (Å²) < 4.78 is 5.33. The summed E-state index contributed by atoms with van der Waals surface area (Å²) in [4.78, 5) is 25.1. The van der Waals surface area contributed by atoms with Gasteiger partial charge in [-0.3, -0.25) is 4.90 Å². The molecule has 0 radical (unpaired) electrons. The largest absolute Gasteiger partial charge is 0.480 e. The van der Waals surface area contributed by atoms with E-state index in [0.29, 0.717) is 0 Å². The van der Waals surface area contributed by atoms with Gasteiger partial charge in [0.1, 0.15) is 11.1 Å². The Bertz CT molecular complexity index is 503. The molecule has 0 aliphatic carbocycles. The molecule has 0 unspecified atom stereocenters. The van der Waals surface area contributed by atoms with Gasteiger partial charge >= 0.3 is 12.1 Å². The van der Waals surface area contributed by atoms with Crippen LogP contribution in [0, 0.1) is 0 Å². The van der Waals surface area contributed by atoms with Crippen molar-refractivity contribution < 1.29 is 19.4 Å². The topological polar surface area (TPSA) is 66.8 Å². The maximum Gasteiger partial charge on any atom is 0.411 e. The third kappa shape index (κ3) is 4.77. The highest BCUT2D eigenvalue weighted by atomic mass is 16.6. The Labute approximate surface area is 125 Å². The van der Waals surface area contributed by atoms with Gasteiger partial charge < -0.3 is 9.84 Å². The highest BCUT2D eigenvalue weighted by Crippen LogP contribution is 2.22. The summed E-state index contributed by atoms with van der Waals surface area (Å²) in [6, 6.07) is 9.24. The normalized spacial score (nSPS) is 11.9. The number of ether oxygens (including phenoxy) is 1. The number of aliphatic carboxylic acids is 1. The van der Waals surface area contributed by atoms with Crippen LogP contribution in [0.25, 0.3) is 0 Å². The summed E-state index contributed by atoms with van der Waals surface area (Å²) >= 11 is 0. The zero-order valence-electron chi connectivity index (χ0n) is 13.2. The van der Waals surface area contributed by atoms with Crippen LogP contribution in [0.1, 0.15) is 40.2 Å². The van der Waals surface area contributed by atoms with Crippen LogP contribution in [-0.4, -0.2) is 33.2 Å². The number of amides is 1. The van der Waals surface area contributed by atoms with Gasteiger partial charge in [-0.15, -0.1) is 0 Å². The predicted molar refractivity (Wildman–Crippen MR) is 79.9 cm³/mol. The van der Waals surface area contributed by atoms with E-state index in [0.717, 1.165) is 5.56 Å². The number of hydrogen-bond donors (Lipinski definition) is 1. The molecule has 21 heavy (non-hydrogen) atoms. The molecule has 1 aromatic rings. The number of rotatable bonds is 4. The Kier molecular flexibility index (Phi) is 4.99. The molecule has 0 aliphatic heterocycles. The van der Waals surface area contributed by atoms with E-state index in [-0.39, 0.29) is 6.54 Å². The fourth-order valence-electron chi connectivity index (χ4n) is 1.69. The molecule has 0 atom stereocenters. The molecule has 5 heteroatoms. The van der Waals surface area contributed by atoms with Crippen molar-refractivity contribution in [2.75, 3.05) is 0 Å². The molecule has 0 saturated heterocycles. The Morgan fingerprint density at radius 3 is 2.05 bits per heavy atom. The fraction of sp³-hybridized carbons (Fsp3) is 0.500. The van der Waals surface area contributed by atoms with Crippen molar-refractivity contribution in [3.05, 3.63) is 35.9 Å². The molecule has 116 valence electrons. The van der Waals surface area contributed by atoms with Crippen LogP contribution in [-0.2, 0) is 16.1 Å².